The standard InChI is InChI=1S/C13H18N2O6S/c1-5(16)8-10(17)15-9(13(20)21)7(22-11(8)15)4-2-3-6(14)12(18)19/h5-6,8,11,16H,2-4,14H2,1H3,(H,18,19)(H,20,21)/t5?,6?,8?,11-/m0/s1. The highest BCUT2D eigenvalue weighted by Gasteiger charge is 2.57. The number of carbonyl (C=O) groups is 3. The van der Waals surface area contributed by atoms with Crippen LogP contribution in [0.4, 0.5) is 0 Å². The number of hydrogen-bond acceptors (Lipinski definition) is 6. The predicted molar refractivity (Wildman–Crippen MR) is 77.5 cm³/mol. The van der Waals surface area contributed by atoms with Gasteiger partial charge in [0, 0.05) is 4.91 Å². The number of aliphatic hydroxyl groups is 1. The van der Waals surface area contributed by atoms with E-state index in [4.69, 9.17) is 10.8 Å². The number of aliphatic carboxylic acids is 2. The number of hydrogen-bond donors (Lipinski definition) is 4. The Labute approximate surface area is 131 Å². The van der Waals surface area contributed by atoms with E-state index in [1.165, 1.54) is 23.6 Å². The quantitative estimate of drug-likeness (QED) is 0.469. The van der Waals surface area contributed by atoms with Crippen molar-refractivity contribution in [3.8, 4) is 0 Å². The largest absolute Gasteiger partial charge is 0.480 e. The average molecular weight is 330 g/mol. The summed E-state index contributed by atoms with van der Waals surface area (Å²) in [5.74, 6) is -3.27. The highest BCUT2D eigenvalue weighted by atomic mass is 32.2. The molecule has 5 N–H and O–H groups in total. The Hall–Kier alpha value is -1.58. The summed E-state index contributed by atoms with van der Waals surface area (Å²) in [6.45, 7) is 1.50. The molecule has 1 amide bonds. The molecule has 1 fully saturated rings. The first-order chi connectivity index (χ1) is 10.3. The van der Waals surface area contributed by atoms with Crippen LogP contribution in [0.3, 0.4) is 0 Å². The van der Waals surface area contributed by atoms with E-state index in [2.05, 4.69) is 0 Å². The third-order valence-electron chi connectivity index (χ3n) is 3.81. The molecule has 1 saturated heterocycles. The Morgan fingerprint density at radius 2 is 2.05 bits per heavy atom. The van der Waals surface area contributed by atoms with Gasteiger partial charge in [0.15, 0.2) is 0 Å². The van der Waals surface area contributed by atoms with E-state index in [0.717, 1.165) is 0 Å². The van der Waals surface area contributed by atoms with Crippen molar-refractivity contribution in [1.82, 2.24) is 4.90 Å². The summed E-state index contributed by atoms with van der Waals surface area (Å²) in [5, 5.41) is 27.2. The van der Waals surface area contributed by atoms with Crippen LogP contribution >= 0.6 is 11.8 Å². The zero-order chi connectivity index (χ0) is 16.6. The van der Waals surface area contributed by atoms with Crippen molar-refractivity contribution >= 4 is 29.6 Å². The normalized spacial score (nSPS) is 26.5. The first kappa shape index (κ1) is 16.8. The van der Waals surface area contributed by atoms with Gasteiger partial charge in [-0.1, -0.05) is 0 Å². The molecule has 122 valence electrons. The van der Waals surface area contributed by atoms with Gasteiger partial charge in [0.2, 0.25) is 5.91 Å². The molecule has 0 aromatic carbocycles. The number of aliphatic hydroxyl groups excluding tert-OH is 1. The van der Waals surface area contributed by atoms with Crippen LogP contribution in [0, 0.1) is 5.92 Å². The molecule has 0 spiro atoms. The van der Waals surface area contributed by atoms with Crippen LogP contribution in [0.2, 0.25) is 0 Å². The Bertz CT molecular complexity index is 547. The summed E-state index contributed by atoms with van der Waals surface area (Å²) in [7, 11) is 0. The van der Waals surface area contributed by atoms with Crippen molar-refractivity contribution in [2.45, 2.75) is 43.7 Å². The van der Waals surface area contributed by atoms with Gasteiger partial charge in [0.1, 0.15) is 17.1 Å². The van der Waals surface area contributed by atoms with Crippen LogP contribution in [0.1, 0.15) is 26.2 Å². The topological polar surface area (TPSA) is 141 Å². The number of carboxylic acids is 2. The van der Waals surface area contributed by atoms with Crippen LogP contribution in [-0.4, -0.2) is 55.6 Å². The van der Waals surface area contributed by atoms with Crippen molar-refractivity contribution < 1.29 is 29.7 Å². The smallest absolute Gasteiger partial charge is 0.353 e. The number of β-lactam (4-membered cyclic amide) rings is 1. The number of rotatable bonds is 7. The average Bonchev–Trinajstić information content (AvgIpc) is 2.72. The predicted octanol–water partition coefficient (Wildman–Crippen LogP) is -0.223. The minimum absolute atomic E-state index is 0.0548. The SMILES string of the molecule is CC(O)C1C(=O)N2C(C(=O)O)=C(CCCC(N)C(=O)O)S[C@@H]12. The van der Waals surface area contributed by atoms with Crippen molar-refractivity contribution in [3.05, 3.63) is 10.6 Å². The second-order valence-corrected chi connectivity index (χ2v) is 6.61. The van der Waals surface area contributed by atoms with E-state index >= 15 is 0 Å². The van der Waals surface area contributed by atoms with Crippen molar-refractivity contribution in [3.63, 3.8) is 0 Å². The lowest BCUT2D eigenvalue weighted by molar-refractivity contribution is -0.156. The van der Waals surface area contributed by atoms with Gasteiger partial charge in [-0.05, 0) is 26.2 Å². The third-order valence-corrected chi connectivity index (χ3v) is 5.24. The molecule has 0 radical (unpaired) electrons. The third kappa shape index (κ3) is 2.83. The van der Waals surface area contributed by atoms with E-state index in [9.17, 15) is 24.6 Å². The van der Waals surface area contributed by atoms with Crippen LogP contribution in [-0.2, 0) is 14.4 Å². The highest BCUT2D eigenvalue weighted by Crippen LogP contribution is 2.51. The molecule has 0 aliphatic carbocycles. The van der Waals surface area contributed by atoms with Gasteiger partial charge in [0.25, 0.3) is 0 Å². The summed E-state index contributed by atoms with van der Waals surface area (Å²) in [5.41, 5.74) is 5.36. The van der Waals surface area contributed by atoms with Gasteiger partial charge in [0.05, 0.1) is 12.0 Å². The molecular weight excluding hydrogens is 312 g/mol. The maximum absolute atomic E-state index is 12.0. The van der Waals surface area contributed by atoms with Crippen molar-refractivity contribution in [2.75, 3.05) is 0 Å². The lowest BCUT2D eigenvalue weighted by Crippen LogP contribution is -2.60. The Morgan fingerprint density at radius 3 is 2.55 bits per heavy atom. The Balaban J connectivity index is 2.06. The molecule has 0 aromatic heterocycles. The molecular formula is C13H18N2O6S. The van der Waals surface area contributed by atoms with Crippen LogP contribution < -0.4 is 5.73 Å². The zero-order valence-corrected chi connectivity index (χ0v) is 12.7. The molecule has 3 unspecified atom stereocenters. The number of carboxylic acid groups (broad SMARTS) is 2. The van der Waals surface area contributed by atoms with Gasteiger partial charge >= 0.3 is 11.9 Å². The lowest BCUT2D eigenvalue weighted by atomic mass is 9.92. The van der Waals surface area contributed by atoms with E-state index in [0.29, 0.717) is 17.7 Å². The van der Waals surface area contributed by atoms with Crippen molar-refractivity contribution in [2.24, 2.45) is 11.7 Å². The van der Waals surface area contributed by atoms with Crippen LogP contribution in [0.25, 0.3) is 0 Å². The van der Waals surface area contributed by atoms with E-state index in [-0.39, 0.29) is 23.4 Å². The lowest BCUT2D eigenvalue weighted by Gasteiger charge is -2.43. The summed E-state index contributed by atoms with van der Waals surface area (Å²) < 4.78 is 0. The van der Waals surface area contributed by atoms with Crippen LogP contribution in [0.15, 0.2) is 10.6 Å². The molecule has 2 rings (SSSR count). The zero-order valence-electron chi connectivity index (χ0n) is 11.9. The summed E-state index contributed by atoms with van der Waals surface area (Å²) in [6.07, 6.45) is 0.155. The van der Waals surface area contributed by atoms with Gasteiger partial charge in [-0.25, -0.2) is 4.79 Å². The first-order valence-electron chi connectivity index (χ1n) is 6.88. The molecule has 0 saturated carbocycles. The second-order valence-electron chi connectivity index (χ2n) is 5.40. The molecule has 0 bridgehead atoms. The Morgan fingerprint density at radius 1 is 1.41 bits per heavy atom. The molecule has 4 atom stereocenters. The van der Waals surface area contributed by atoms with Gasteiger partial charge in [-0.2, -0.15) is 0 Å². The van der Waals surface area contributed by atoms with Gasteiger partial charge < -0.3 is 21.1 Å². The number of nitrogens with zero attached hydrogens (tertiary/aromatic N) is 1. The monoisotopic (exact) mass is 330 g/mol. The number of thioether (sulfide) groups is 1. The fourth-order valence-electron chi connectivity index (χ4n) is 2.64. The fourth-order valence-corrected chi connectivity index (χ4v) is 4.29. The summed E-state index contributed by atoms with van der Waals surface area (Å²) in [6, 6.07) is -0.982. The maximum Gasteiger partial charge on any atom is 0.353 e. The van der Waals surface area contributed by atoms with Gasteiger partial charge in [-0.15, -0.1) is 11.8 Å². The van der Waals surface area contributed by atoms with Crippen molar-refractivity contribution in [1.29, 1.82) is 0 Å². The van der Waals surface area contributed by atoms with Crippen LogP contribution in [0.5, 0.6) is 0 Å². The minimum atomic E-state index is -1.19. The second kappa shape index (κ2) is 6.27. The number of amides is 1. The summed E-state index contributed by atoms with van der Waals surface area (Å²) >= 11 is 1.25. The molecule has 2 heterocycles. The van der Waals surface area contributed by atoms with E-state index in [1.807, 2.05) is 0 Å². The van der Waals surface area contributed by atoms with E-state index < -0.39 is 30.0 Å². The maximum atomic E-state index is 12.0. The fraction of sp³-hybridized carbons (Fsp3) is 0.615. The molecule has 2 aliphatic rings. The number of fused-ring (bicyclic) bond motifs is 1. The molecule has 2 aliphatic heterocycles. The highest BCUT2D eigenvalue weighted by molar-refractivity contribution is 8.04. The number of carbonyl (C=O) groups excluding carboxylic acids is 1. The summed E-state index contributed by atoms with van der Waals surface area (Å²) in [4.78, 5) is 35.8. The molecule has 22 heavy (non-hydrogen) atoms. The molecule has 0 aromatic rings. The Kier molecular flexibility index (Phi) is 4.78. The molecule has 9 heteroatoms. The molecule has 8 nitrogen and oxygen atoms in total. The number of nitrogens with two attached hydrogens (primary N) is 1. The number of allylic oxidation sites excluding steroid dienone is 1. The minimum Gasteiger partial charge on any atom is -0.480 e. The van der Waals surface area contributed by atoms with E-state index in [1.54, 1.807) is 0 Å². The van der Waals surface area contributed by atoms with Gasteiger partial charge in [-0.3, -0.25) is 14.5 Å². The first-order valence-corrected chi connectivity index (χ1v) is 7.76.